The van der Waals surface area contributed by atoms with Crippen LogP contribution in [0.4, 0.5) is 4.39 Å². The molecule has 1 heterocycles. The molecule has 1 aliphatic rings. The Bertz CT molecular complexity index is 391. The molecule has 0 aliphatic heterocycles. The average molecular weight is 226 g/mol. The van der Waals surface area contributed by atoms with E-state index >= 15 is 0 Å². The van der Waals surface area contributed by atoms with Crippen molar-refractivity contribution in [3.8, 4) is 0 Å². The van der Waals surface area contributed by atoms with Gasteiger partial charge in [-0.1, -0.05) is 5.16 Å². The lowest BCUT2D eigenvalue weighted by Gasteiger charge is -2.25. The van der Waals surface area contributed by atoms with Crippen molar-refractivity contribution >= 4 is 5.91 Å². The van der Waals surface area contributed by atoms with Gasteiger partial charge in [-0.05, 0) is 26.2 Å². The molecule has 16 heavy (non-hydrogen) atoms. The van der Waals surface area contributed by atoms with Crippen molar-refractivity contribution in [2.45, 2.75) is 38.4 Å². The van der Waals surface area contributed by atoms with E-state index < -0.39 is 6.17 Å². The number of nitrogens with zero attached hydrogens (tertiary/aromatic N) is 2. The summed E-state index contributed by atoms with van der Waals surface area (Å²) in [5.41, 5.74) is 0.249. The van der Waals surface area contributed by atoms with Crippen LogP contribution in [0.1, 0.15) is 35.5 Å². The number of hydrogen-bond donors (Lipinski definition) is 0. The first-order valence-corrected chi connectivity index (χ1v) is 5.44. The number of halogens is 1. The Morgan fingerprint density at radius 1 is 1.62 bits per heavy atom. The third-order valence-electron chi connectivity index (χ3n) is 3.06. The van der Waals surface area contributed by atoms with Crippen LogP contribution in [0.2, 0.25) is 0 Å². The summed E-state index contributed by atoms with van der Waals surface area (Å²) in [5, 5.41) is 3.64. The molecule has 2 rings (SSSR count). The van der Waals surface area contributed by atoms with Gasteiger partial charge in [0, 0.05) is 13.1 Å². The fraction of sp³-hybridized carbons (Fsp3) is 0.636. The Hall–Kier alpha value is -1.39. The predicted molar refractivity (Wildman–Crippen MR) is 55.9 cm³/mol. The number of aromatic nitrogens is 1. The van der Waals surface area contributed by atoms with Crippen LogP contribution in [0.25, 0.3) is 0 Å². The third kappa shape index (κ3) is 1.94. The van der Waals surface area contributed by atoms with E-state index in [0.717, 1.165) is 12.8 Å². The molecule has 0 spiro atoms. The van der Waals surface area contributed by atoms with E-state index in [-0.39, 0.29) is 17.6 Å². The van der Waals surface area contributed by atoms with Crippen molar-refractivity contribution in [3.05, 3.63) is 17.5 Å². The maximum absolute atomic E-state index is 13.5. The smallest absolute Gasteiger partial charge is 0.276 e. The minimum absolute atomic E-state index is 0.249. The molecule has 1 amide bonds. The lowest BCUT2D eigenvalue weighted by Crippen LogP contribution is -2.40. The molecule has 5 heteroatoms. The standard InChI is InChI=1S/C11H15FN2O2/c1-7-6-9(13-16-7)11(15)14(2)10-5-3-4-8(10)12/h6,8,10H,3-5H2,1-2H3/t8-,10-/m1/s1. The van der Waals surface area contributed by atoms with Gasteiger partial charge in [-0.3, -0.25) is 4.79 Å². The second-order valence-electron chi connectivity index (χ2n) is 4.25. The molecule has 0 bridgehead atoms. The van der Waals surface area contributed by atoms with Crippen molar-refractivity contribution in [2.75, 3.05) is 7.05 Å². The molecule has 0 N–H and O–H groups in total. The van der Waals surface area contributed by atoms with E-state index in [1.807, 2.05) is 0 Å². The lowest BCUT2D eigenvalue weighted by atomic mass is 10.2. The summed E-state index contributed by atoms with van der Waals surface area (Å²) in [7, 11) is 1.62. The quantitative estimate of drug-likeness (QED) is 0.774. The van der Waals surface area contributed by atoms with Crippen LogP contribution in [0, 0.1) is 6.92 Å². The summed E-state index contributed by atoms with van der Waals surface area (Å²) in [5.74, 6) is 0.311. The zero-order valence-corrected chi connectivity index (χ0v) is 9.44. The third-order valence-corrected chi connectivity index (χ3v) is 3.06. The Balaban J connectivity index is 2.10. The summed E-state index contributed by atoms with van der Waals surface area (Å²) in [6, 6.07) is 1.26. The normalized spacial score (nSPS) is 24.7. The molecule has 1 saturated carbocycles. The monoisotopic (exact) mass is 226 g/mol. The van der Waals surface area contributed by atoms with Gasteiger partial charge in [-0.15, -0.1) is 0 Å². The minimum atomic E-state index is -0.915. The largest absolute Gasteiger partial charge is 0.361 e. The van der Waals surface area contributed by atoms with E-state index in [9.17, 15) is 9.18 Å². The summed E-state index contributed by atoms with van der Waals surface area (Å²) >= 11 is 0. The fourth-order valence-corrected chi connectivity index (χ4v) is 2.13. The first-order chi connectivity index (χ1) is 7.59. The van der Waals surface area contributed by atoms with E-state index in [1.165, 1.54) is 4.90 Å². The Morgan fingerprint density at radius 3 is 2.88 bits per heavy atom. The minimum Gasteiger partial charge on any atom is -0.361 e. The molecule has 0 radical (unpaired) electrons. The van der Waals surface area contributed by atoms with Crippen molar-refractivity contribution in [1.29, 1.82) is 0 Å². The lowest BCUT2D eigenvalue weighted by molar-refractivity contribution is 0.0657. The van der Waals surface area contributed by atoms with E-state index in [1.54, 1.807) is 20.0 Å². The molecule has 2 atom stereocenters. The zero-order chi connectivity index (χ0) is 11.7. The topological polar surface area (TPSA) is 46.3 Å². The van der Waals surface area contributed by atoms with Gasteiger partial charge in [0.1, 0.15) is 11.9 Å². The van der Waals surface area contributed by atoms with Crippen LogP contribution in [0.15, 0.2) is 10.6 Å². The SMILES string of the molecule is Cc1cc(C(=O)N(C)[C@@H]2CCC[C@H]2F)no1. The molecule has 0 unspecified atom stereocenters. The molecule has 0 aromatic carbocycles. The van der Waals surface area contributed by atoms with Crippen LogP contribution in [0.3, 0.4) is 0 Å². The molecule has 4 nitrogen and oxygen atoms in total. The van der Waals surface area contributed by atoms with Gasteiger partial charge < -0.3 is 9.42 Å². The summed E-state index contributed by atoms with van der Waals surface area (Å²) in [6.45, 7) is 1.72. The molecule has 1 aromatic rings. The van der Waals surface area contributed by atoms with Gasteiger partial charge in [-0.25, -0.2) is 4.39 Å². The molecular formula is C11H15FN2O2. The highest BCUT2D eigenvalue weighted by Gasteiger charge is 2.33. The van der Waals surface area contributed by atoms with Crippen LogP contribution >= 0.6 is 0 Å². The zero-order valence-electron chi connectivity index (χ0n) is 9.44. The highest BCUT2D eigenvalue weighted by Crippen LogP contribution is 2.26. The van der Waals surface area contributed by atoms with Gasteiger partial charge in [0.05, 0.1) is 6.04 Å². The number of hydrogen-bond acceptors (Lipinski definition) is 3. The molecular weight excluding hydrogens is 211 g/mol. The predicted octanol–water partition coefficient (Wildman–Crippen LogP) is 1.95. The van der Waals surface area contributed by atoms with Gasteiger partial charge in [0.15, 0.2) is 5.69 Å². The Morgan fingerprint density at radius 2 is 2.38 bits per heavy atom. The second kappa shape index (κ2) is 4.23. The molecule has 1 fully saturated rings. The van der Waals surface area contributed by atoms with E-state index in [0.29, 0.717) is 12.2 Å². The van der Waals surface area contributed by atoms with Crippen molar-refractivity contribution in [2.24, 2.45) is 0 Å². The van der Waals surface area contributed by atoms with Crippen molar-refractivity contribution < 1.29 is 13.7 Å². The van der Waals surface area contributed by atoms with E-state index in [4.69, 9.17) is 4.52 Å². The van der Waals surface area contributed by atoms with Crippen LogP contribution in [-0.2, 0) is 0 Å². The van der Waals surface area contributed by atoms with Gasteiger partial charge in [0.2, 0.25) is 0 Å². The maximum atomic E-state index is 13.5. The fourth-order valence-electron chi connectivity index (χ4n) is 2.13. The first kappa shape index (κ1) is 11.1. The van der Waals surface area contributed by atoms with Gasteiger partial charge >= 0.3 is 0 Å². The van der Waals surface area contributed by atoms with Gasteiger partial charge in [-0.2, -0.15) is 0 Å². The second-order valence-corrected chi connectivity index (χ2v) is 4.25. The van der Waals surface area contributed by atoms with Crippen molar-refractivity contribution in [1.82, 2.24) is 10.1 Å². The number of carbonyl (C=O) groups is 1. The Labute approximate surface area is 93.4 Å². The maximum Gasteiger partial charge on any atom is 0.276 e. The molecule has 1 aliphatic carbocycles. The van der Waals surface area contributed by atoms with E-state index in [2.05, 4.69) is 5.16 Å². The van der Waals surface area contributed by atoms with Crippen LogP contribution in [-0.4, -0.2) is 35.2 Å². The number of amides is 1. The number of aryl methyl sites for hydroxylation is 1. The van der Waals surface area contributed by atoms with Crippen LogP contribution in [0.5, 0.6) is 0 Å². The highest BCUT2D eigenvalue weighted by atomic mass is 19.1. The summed E-state index contributed by atoms with van der Waals surface area (Å²) in [6.07, 6.45) is 1.18. The van der Waals surface area contributed by atoms with Crippen LogP contribution < -0.4 is 0 Å². The first-order valence-electron chi connectivity index (χ1n) is 5.44. The van der Waals surface area contributed by atoms with Gasteiger partial charge in [0.25, 0.3) is 5.91 Å². The highest BCUT2D eigenvalue weighted by molar-refractivity contribution is 5.92. The summed E-state index contributed by atoms with van der Waals surface area (Å²) in [4.78, 5) is 13.4. The number of carbonyl (C=O) groups excluding carboxylic acids is 1. The molecule has 88 valence electrons. The average Bonchev–Trinajstić information content (AvgIpc) is 2.85. The van der Waals surface area contributed by atoms with Crippen molar-refractivity contribution in [3.63, 3.8) is 0 Å². The molecule has 0 saturated heterocycles. The number of alkyl halides is 1. The summed E-state index contributed by atoms with van der Waals surface area (Å²) < 4.78 is 18.3. The number of rotatable bonds is 2. The molecule has 1 aromatic heterocycles. The Kier molecular flexibility index (Phi) is 2.94.